The highest BCUT2D eigenvalue weighted by atomic mass is 127. The third kappa shape index (κ3) is 7.85. The van der Waals surface area contributed by atoms with Crippen LogP contribution in [0.5, 0.6) is 0 Å². The van der Waals surface area contributed by atoms with Crippen molar-refractivity contribution in [2.45, 2.75) is 52.1 Å². The molecule has 0 spiro atoms. The number of hydrogen-bond acceptors (Lipinski definition) is 4. The molecule has 152 valence electrons. The number of halogens is 1. The van der Waals surface area contributed by atoms with Crippen molar-refractivity contribution in [2.75, 3.05) is 52.5 Å². The average molecular weight is 482 g/mol. The second kappa shape index (κ2) is 13.4. The molecular formula is C18H35IN4O3. The van der Waals surface area contributed by atoms with Crippen molar-refractivity contribution in [3.8, 4) is 0 Å². The first-order chi connectivity index (χ1) is 12.2. The molecule has 0 unspecified atom stereocenters. The molecule has 8 heteroatoms. The largest absolute Gasteiger partial charge is 0.450 e. The quantitative estimate of drug-likeness (QED) is 0.262. The van der Waals surface area contributed by atoms with Gasteiger partial charge in [-0.25, -0.2) is 4.79 Å². The zero-order valence-corrected chi connectivity index (χ0v) is 18.6. The van der Waals surface area contributed by atoms with Gasteiger partial charge in [0.2, 0.25) is 0 Å². The van der Waals surface area contributed by atoms with Crippen molar-refractivity contribution in [3.63, 3.8) is 0 Å². The summed E-state index contributed by atoms with van der Waals surface area (Å²) in [5.41, 5.74) is 0. The van der Waals surface area contributed by atoms with Gasteiger partial charge in [0, 0.05) is 45.9 Å². The molecule has 1 saturated carbocycles. The maximum Gasteiger partial charge on any atom is 0.409 e. The van der Waals surface area contributed by atoms with Crippen molar-refractivity contribution in [2.24, 2.45) is 4.99 Å². The van der Waals surface area contributed by atoms with Crippen LogP contribution < -0.4 is 5.32 Å². The molecule has 1 N–H and O–H groups in total. The number of piperazine rings is 1. The molecule has 0 bridgehead atoms. The first-order valence-electron chi connectivity index (χ1n) is 9.81. The Hall–Kier alpha value is -0.770. The van der Waals surface area contributed by atoms with E-state index < -0.39 is 0 Å². The van der Waals surface area contributed by atoms with Gasteiger partial charge in [0.1, 0.15) is 0 Å². The van der Waals surface area contributed by atoms with Gasteiger partial charge in [-0.05, 0) is 33.1 Å². The van der Waals surface area contributed by atoms with Gasteiger partial charge >= 0.3 is 6.09 Å². The van der Waals surface area contributed by atoms with Gasteiger partial charge < -0.3 is 24.6 Å². The van der Waals surface area contributed by atoms with Crippen LogP contribution >= 0.6 is 24.0 Å². The van der Waals surface area contributed by atoms with Crippen LogP contribution in [0.15, 0.2) is 4.99 Å². The molecule has 2 fully saturated rings. The van der Waals surface area contributed by atoms with Crippen molar-refractivity contribution in [3.05, 3.63) is 0 Å². The van der Waals surface area contributed by atoms with Crippen molar-refractivity contribution < 1.29 is 14.3 Å². The molecule has 7 nitrogen and oxygen atoms in total. The molecule has 0 atom stereocenters. The highest BCUT2D eigenvalue weighted by Crippen LogP contribution is 2.20. The fourth-order valence-electron chi connectivity index (χ4n) is 3.30. The SMILES string of the molecule is CCNC(=NCCCOC1CCCC1)N1CCN(C(=O)OCC)CC1.I. The first-order valence-corrected chi connectivity index (χ1v) is 9.81. The monoisotopic (exact) mass is 482 g/mol. The molecule has 26 heavy (non-hydrogen) atoms. The number of carbonyl (C=O) groups excluding carboxylic acids is 1. The van der Waals surface area contributed by atoms with Gasteiger partial charge in [-0.1, -0.05) is 12.8 Å². The van der Waals surface area contributed by atoms with E-state index in [2.05, 4.69) is 17.1 Å². The molecule has 0 aromatic carbocycles. The molecule has 1 aliphatic heterocycles. The molecule has 2 aliphatic rings. The number of amides is 1. The summed E-state index contributed by atoms with van der Waals surface area (Å²) in [6, 6.07) is 0. The second-order valence-corrected chi connectivity index (χ2v) is 6.54. The molecule has 1 saturated heterocycles. The Morgan fingerprint density at radius 1 is 1.12 bits per heavy atom. The molecule has 1 heterocycles. The summed E-state index contributed by atoms with van der Waals surface area (Å²) >= 11 is 0. The molecule has 0 aromatic rings. The first kappa shape index (κ1) is 23.3. The topological polar surface area (TPSA) is 66.4 Å². The summed E-state index contributed by atoms with van der Waals surface area (Å²) in [7, 11) is 0. The smallest absolute Gasteiger partial charge is 0.409 e. The lowest BCUT2D eigenvalue weighted by atomic mass is 10.3. The molecule has 2 rings (SSSR count). The van der Waals surface area contributed by atoms with Crippen LogP contribution in [0.4, 0.5) is 4.79 Å². The van der Waals surface area contributed by atoms with Crippen LogP contribution in [0.3, 0.4) is 0 Å². The lowest BCUT2D eigenvalue weighted by molar-refractivity contribution is 0.0578. The second-order valence-electron chi connectivity index (χ2n) is 6.54. The summed E-state index contributed by atoms with van der Waals surface area (Å²) in [5.74, 6) is 0.937. The zero-order chi connectivity index (χ0) is 17.9. The maximum absolute atomic E-state index is 11.8. The van der Waals surface area contributed by atoms with Crippen molar-refractivity contribution in [1.82, 2.24) is 15.1 Å². The lowest BCUT2D eigenvalue weighted by Crippen LogP contribution is -2.53. The van der Waals surface area contributed by atoms with Gasteiger partial charge in [0.25, 0.3) is 0 Å². The van der Waals surface area contributed by atoms with E-state index in [0.29, 0.717) is 25.8 Å². The Morgan fingerprint density at radius 2 is 1.77 bits per heavy atom. The Kier molecular flexibility index (Phi) is 12.0. The third-order valence-electron chi connectivity index (χ3n) is 4.66. The number of ether oxygens (including phenoxy) is 2. The lowest BCUT2D eigenvalue weighted by Gasteiger charge is -2.35. The van der Waals surface area contributed by atoms with Gasteiger partial charge in [-0.3, -0.25) is 4.99 Å². The molecule has 1 aliphatic carbocycles. The van der Waals surface area contributed by atoms with E-state index in [0.717, 1.165) is 45.2 Å². The molecule has 1 amide bonds. The number of guanidine groups is 1. The van der Waals surface area contributed by atoms with Gasteiger partial charge in [-0.2, -0.15) is 0 Å². The van der Waals surface area contributed by atoms with Gasteiger partial charge in [0.05, 0.1) is 12.7 Å². The van der Waals surface area contributed by atoms with E-state index in [1.54, 1.807) is 4.90 Å². The molecule has 0 radical (unpaired) electrons. The fourth-order valence-corrected chi connectivity index (χ4v) is 3.30. The van der Waals surface area contributed by atoms with Crippen molar-refractivity contribution >= 4 is 36.0 Å². The molecule has 0 aromatic heterocycles. The Labute approximate surface area is 174 Å². The number of carbonyl (C=O) groups is 1. The average Bonchev–Trinajstić information content (AvgIpc) is 3.14. The minimum absolute atomic E-state index is 0. The van der Waals surface area contributed by atoms with E-state index in [4.69, 9.17) is 14.5 Å². The van der Waals surface area contributed by atoms with Crippen LogP contribution in [0.25, 0.3) is 0 Å². The Morgan fingerprint density at radius 3 is 2.38 bits per heavy atom. The van der Waals surface area contributed by atoms with E-state index >= 15 is 0 Å². The van der Waals surface area contributed by atoms with E-state index in [-0.39, 0.29) is 30.1 Å². The third-order valence-corrected chi connectivity index (χ3v) is 4.66. The summed E-state index contributed by atoms with van der Waals surface area (Å²) in [6.45, 7) is 9.65. The predicted molar refractivity (Wildman–Crippen MR) is 114 cm³/mol. The van der Waals surface area contributed by atoms with Gasteiger partial charge in [-0.15, -0.1) is 24.0 Å². The molecular weight excluding hydrogens is 447 g/mol. The normalized spacial score (nSPS) is 18.6. The number of aliphatic imine (C=N–C) groups is 1. The highest BCUT2D eigenvalue weighted by Gasteiger charge is 2.23. The number of nitrogens with zero attached hydrogens (tertiary/aromatic N) is 3. The van der Waals surface area contributed by atoms with Crippen LogP contribution in [-0.2, 0) is 9.47 Å². The van der Waals surface area contributed by atoms with E-state index in [1.807, 2.05) is 6.92 Å². The minimum atomic E-state index is -0.215. The zero-order valence-electron chi connectivity index (χ0n) is 16.2. The minimum Gasteiger partial charge on any atom is -0.450 e. The van der Waals surface area contributed by atoms with Crippen molar-refractivity contribution in [1.29, 1.82) is 0 Å². The number of hydrogen-bond donors (Lipinski definition) is 1. The summed E-state index contributed by atoms with van der Waals surface area (Å²) < 4.78 is 11.0. The van der Waals surface area contributed by atoms with Crippen LogP contribution in [0, 0.1) is 0 Å². The van der Waals surface area contributed by atoms with Crippen LogP contribution in [0.2, 0.25) is 0 Å². The van der Waals surface area contributed by atoms with Crippen LogP contribution in [-0.4, -0.2) is 80.4 Å². The maximum atomic E-state index is 11.8. The Balaban J connectivity index is 0.00000338. The van der Waals surface area contributed by atoms with Crippen LogP contribution in [0.1, 0.15) is 46.0 Å². The van der Waals surface area contributed by atoms with Gasteiger partial charge in [0.15, 0.2) is 5.96 Å². The highest BCUT2D eigenvalue weighted by molar-refractivity contribution is 14.0. The fraction of sp³-hybridized carbons (Fsp3) is 0.889. The standard InChI is InChI=1S/C18H34N4O3.HI/c1-3-19-17(20-10-7-15-25-16-8-5-6-9-16)21-11-13-22(14-12-21)18(23)24-4-2;/h16H,3-15H2,1-2H3,(H,19,20);1H. The number of nitrogens with one attached hydrogen (secondary N) is 1. The van der Waals surface area contributed by atoms with E-state index in [1.165, 1.54) is 25.7 Å². The summed E-state index contributed by atoms with van der Waals surface area (Å²) in [6.07, 6.45) is 6.28. The summed E-state index contributed by atoms with van der Waals surface area (Å²) in [4.78, 5) is 20.5. The predicted octanol–water partition coefficient (Wildman–Crippen LogP) is 2.69. The number of rotatable bonds is 7. The van der Waals surface area contributed by atoms with E-state index in [9.17, 15) is 4.79 Å². The summed E-state index contributed by atoms with van der Waals surface area (Å²) in [5, 5.41) is 3.35. The Bertz CT molecular complexity index is 423.